The van der Waals surface area contributed by atoms with Gasteiger partial charge in [0.25, 0.3) is 5.91 Å². The van der Waals surface area contributed by atoms with E-state index in [1.165, 1.54) is 7.11 Å². The van der Waals surface area contributed by atoms with Gasteiger partial charge in [-0.2, -0.15) is 0 Å². The van der Waals surface area contributed by atoms with Crippen molar-refractivity contribution in [3.05, 3.63) is 23.8 Å². The minimum Gasteiger partial charge on any atom is -0.504 e. The van der Waals surface area contributed by atoms with Gasteiger partial charge in [-0.1, -0.05) is 6.07 Å². The van der Waals surface area contributed by atoms with E-state index in [0.29, 0.717) is 19.0 Å². The van der Waals surface area contributed by atoms with E-state index < -0.39 is 0 Å². The first-order valence-corrected chi connectivity index (χ1v) is 6.97. The number of rotatable bonds is 3. The highest BCUT2D eigenvalue weighted by Crippen LogP contribution is 2.30. The quantitative estimate of drug-likeness (QED) is 0.866. The minimum atomic E-state index is -0.244. The highest BCUT2D eigenvalue weighted by atomic mass is 35.5. The molecule has 0 spiro atoms. The molecule has 1 aliphatic heterocycles. The van der Waals surface area contributed by atoms with Crippen LogP contribution in [0.3, 0.4) is 0 Å². The molecule has 1 N–H and O–H groups in total. The van der Waals surface area contributed by atoms with Crippen molar-refractivity contribution in [2.75, 3.05) is 26.1 Å². The first-order valence-electron chi connectivity index (χ1n) is 6.43. The number of methoxy groups -OCH3 is 1. The standard InChI is InChI=1S/C14H18ClNO4/c1-9-7-16(8-10(6-15)20-9)14(18)11-4-3-5-12(19-2)13(11)17/h3-5,9-10,17H,6-8H2,1-2H3. The number of hydrogen-bond acceptors (Lipinski definition) is 4. The van der Waals surface area contributed by atoms with Gasteiger partial charge in [-0.3, -0.25) is 4.79 Å². The van der Waals surface area contributed by atoms with Crippen LogP contribution in [0, 0.1) is 0 Å². The Morgan fingerprint density at radius 3 is 2.95 bits per heavy atom. The van der Waals surface area contributed by atoms with Crippen molar-refractivity contribution in [3.8, 4) is 11.5 Å². The fourth-order valence-electron chi connectivity index (χ4n) is 2.33. The monoisotopic (exact) mass is 299 g/mol. The van der Waals surface area contributed by atoms with Gasteiger partial charge in [0.15, 0.2) is 11.5 Å². The lowest BCUT2D eigenvalue weighted by atomic mass is 10.1. The molecule has 0 aliphatic carbocycles. The van der Waals surface area contributed by atoms with Crippen molar-refractivity contribution < 1.29 is 19.4 Å². The number of nitrogens with zero attached hydrogens (tertiary/aromatic N) is 1. The molecule has 0 radical (unpaired) electrons. The number of benzene rings is 1. The van der Waals surface area contributed by atoms with Crippen LogP contribution in [0.4, 0.5) is 0 Å². The third-order valence-corrected chi connectivity index (χ3v) is 3.58. The molecule has 0 aromatic heterocycles. The smallest absolute Gasteiger partial charge is 0.257 e. The molecule has 1 saturated heterocycles. The van der Waals surface area contributed by atoms with Crippen LogP contribution in [0.15, 0.2) is 18.2 Å². The second-order valence-electron chi connectivity index (χ2n) is 4.79. The molecule has 0 saturated carbocycles. The Kier molecular flexibility index (Phi) is 4.73. The van der Waals surface area contributed by atoms with Crippen LogP contribution >= 0.6 is 11.6 Å². The summed E-state index contributed by atoms with van der Waals surface area (Å²) in [6.07, 6.45) is -0.263. The molecule has 1 aliphatic rings. The number of phenolic OH excluding ortho intramolecular Hbond substituents is 1. The first kappa shape index (κ1) is 14.9. The topological polar surface area (TPSA) is 59.0 Å². The predicted molar refractivity (Wildman–Crippen MR) is 75.6 cm³/mol. The zero-order valence-electron chi connectivity index (χ0n) is 11.5. The van der Waals surface area contributed by atoms with Gasteiger partial charge < -0.3 is 19.5 Å². The Balaban J connectivity index is 2.22. The number of hydrogen-bond donors (Lipinski definition) is 1. The molecule has 2 atom stereocenters. The maximum atomic E-state index is 12.5. The van der Waals surface area contributed by atoms with E-state index in [-0.39, 0.29) is 35.2 Å². The third-order valence-electron chi connectivity index (χ3n) is 3.23. The lowest BCUT2D eigenvalue weighted by Crippen LogP contribution is -2.49. The summed E-state index contributed by atoms with van der Waals surface area (Å²) >= 11 is 5.81. The molecule has 20 heavy (non-hydrogen) atoms. The summed E-state index contributed by atoms with van der Waals surface area (Å²) in [5.41, 5.74) is 0.228. The molecular weight excluding hydrogens is 282 g/mol. The Hall–Kier alpha value is -1.46. The number of carbonyl (C=O) groups is 1. The summed E-state index contributed by atoms with van der Waals surface area (Å²) in [5.74, 6) is 0.234. The Bertz CT molecular complexity index is 494. The fourth-order valence-corrected chi connectivity index (χ4v) is 2.50. The van der Waals surface area contributed by atoms with Crippen LogP contribution in [-0.2, 0) is 4.74 Å². The average molecular weight is 300 g/mol. The highest BCUT2D eigenvalue weighted by molar-refractivity contribution is 6.18. The maximum absolute atomic E-state index is 12.5. The van der Waals surface area contributed by atoms with Crippen LogP contribution in [0.1, 0.15) is 17.3 Å². The lowest BCUT2D eigenvalue weighted by molar-refractivity contribution is -0.0571. The summed E-state index contributed by atoms with van der Waals surface area (Å²) in [6.45, 7) is 2.79. The van der Waals surface area contributed by atoms with E-state index in [1.54, 1.807) is 23.1 Å². The summed E-state index contributed by atoms with van der Waals surface area (Å²) in [4.78, 5) is 14.2. The number of alkyl halides is 1. The molecule has 1 amide bonds. The van der Waals surface area contributed by atoms with Gasteiger partial charge in [0.1, 0.15) is 0 Å². The third kappa shape index (κ3) is 2.99. The number of carbonyl (C=O) groups excluding carboxylic acids is 1. The molecule has 110 valence electrons. The van der Waals surface area contributed by atoms with Crippen LogP contribution in [0.25, 0.3) is 0 Å². The van der Waals surface area contributed by atoms with Crippen LogP contribution < -0.4 is 4.74 Å². The van der Waals surface area contributed by atoms with Crippen molar-refractivity contribution in [3.63, 3.8) is 0 Å². The molecule has 1 aromatic carbocycles. The minimum absolute atomic E-state index is 0.0794. The van der Waals surface area contributed by atoms with E-state index >= 15 is 0 Å². The van der Waals surface area contributed by atoms with Gasteiger partial charge in [0.2, 0.25) is 0 Å². The summed E-state index contributed by atoms with van der Waals surface area (Å²) in [7, 11) is 1.45. The van der Waals surface area contributed by atoms with Gasteiger partial charge in [-0.05, 0) is 19.1 Å². The number of phenols is 1. The normalized spacial score (nSPS) is 22.6. The number of amides is 1. The maximum Gasteiger partial charge on any atom is 0.257 e. The SMILES string of the molecule is COc1cccc(C(=O)N2CC(C)OC(CCl)C2)c1O. The van der Waals surface area contributed by atoms with Crippen molar-refractivity contribution >= 4 is 17.5 Å². The van der Waals surface area contributed by atoms with Crippen molar-refractivity contribution in [2.45, 2.75) is 19.1 Å². The number of ether oxygens (including phenoxy) is 2. The summed E-state index contributed by atoms with van der Waals surface area (Å²) in [6, 6.07) is 4.86. The molecule has 6 heteroatoms. The van der Waals surface area contributed by atoms with Gasteiger partial charge in [0.05, 0.1) is 30.8 Å². The lowest BCUT2D eigenvalue weighted by Gasteiger charge is -2.36. The molecule has 2 unspecified atom stereocenters. The molecule has 1 aromatic rings. The van der Waals surface area contributed by atoms with Gasteiger partial charge in [-0.25, -0.2) is 0 Å². The number of aromatic hydroxyl groups is 1. The van der Waals surface area contributed by atoms with E-state index in [2.05, 4.69) is 0 Å². The van der Waals surface area contributed by atoms with Gasteiger partial charge >= 0.3 is 0 Å². The highest BCUT2D eigenvalue weighted by Gasteiger charge is 2.30. The number of morpholine rings is 1. The van der Waals surface area contributed by atoms with E-state index in [0.717, 1.165) is 0 Å². The predicted octanol–water partition coefficient (Wildman–Crippen LogP) is 1.87. The fraction of sp³-hybridized carbons (Fsp3) is 0.500. The van der Waals surface area contributed by atoms with E-state index in [1.807, 2.05) is 6.92 Å². The first-order chi connectivity index (χ1) is 9.56. The molecular formula is C14H18ClNO4. The number of para-hydroxylation sites is 1. The van der Waals surface area contributed by atoms with Crippen LogP contribution in [0.5, 0.6) is 11.5 Å². The summed E-state index contributed by atoms with van der Waals surface area (Å²) in [5, 5.41) is 10.0. The zero-order chi connectivity index (χ0) is 14.7. The van der Waals surface area contributed by atoms with E-state index in [9.17, 15) is 9.90 Å². The number of halogens is 1. The Morgan fingerprint density at radius 2 is 2.30 bits per heavy atom. The molecule has 5 nitrogen and oxygen atoms in total. The van der Waals surface area contributed by atoms with Crippen molar-refractivity contribution in [1.82, 2.24) is 4.90 Å². The van der Waals surface area contributed by atoms with Gasteiger partial charge in [-0.15, -0.1) is 11.6 Å². The van der Waals surface area contributed by atoms with Crippen LogP contribution in [-0.4, -0.2) is 54.2 Å². The second kappa shape index (κ2) is 6.33. The van der Waals surface area contributed by atoms with Gasteiger partial charge in [0, 0.05) is 13.1 Å². The van der Waals surface area contributed by atoms with Crippen LogP contribution in [0.2, 0.25) is 0 Å². The molecule has 1 heterocycles. The van der Waals surface area contributed by atoms with Crippen molar-refractivity contribution in [1.29, 1.82) is 0 Å². The summed E-state index contributed by atoms with van der Waals surface area (Å²) < 4.78 is 10.6. The zero-order valence-corrected chi connectivity index (χ0v) is 12.3. The Labute approximate surface area is 123 Å². The van der Waals surface area contributed by atoms with Crippen molar-refractivity contribution in [2.24, 2.45) is 0 Å². The Morgan fingerprint density at radius 1 is 1.55 bits per heavy atom. The molecule has 0 bridgehead atoms. The van der Waals surface area contributed by atoms with E-state index in [4.69, 9.17) is 21.1 Å². The largest absolute Gasteiger partial charge is 0.504 e. The molecule has 1 fully saturated rings. The second-order valence-corrected chi connectivity index (χ2v) is 5.10. The molecule has 2 rings (SSSR count). The average Bonchev–Trinajstić information content (AvgIpc) is 2.46.